The monoisotopic (exact) mass is 511 g/mol. The van der Waals surface area contributed by atoms with Crippen molar-refractivity contribution in [3.05, 3.63) is 36.9 Å². The number of aromatic nitrogens is 4. The van der Waals surface area contributed by atoms with E-state index in [0.717, 1.165) is 17.9 Å². The Hall–Kier alpha value is -1.98. The maximum atomic E-state index is 13.7. The van der Waals surface area contributed by atoms with Gasteiger partial charge in [-0.25, -0.2) is 19.5 Å². The minimum absolute atomic E-state index is 0.163. The summed E-state index contributed by atoms with van der Waals surface area (Å²) in [6.07, 6.45) is 3.16. The number of nitrogens with two attached hydrogens (primary N) is 1. The van der Waals surface area contributed by atoms with Gasteiger partial charge in [-0.2, -0.15) is 0 Å². The van der Waals surface area contributed by atoms with Crippen molar-refractivity contribution in [2.75, 3.05) is 30.7 Å². The van der Waals surface area contributed by atoms with Gasteiger partial charge in [0, 0.05) is 17.6 Å². The Labute approximate surface area is 199 Å². The molecule has 3 atom stereocenters. The summed E-state index contributed by atoms with van der Waals surface area (Å²) >= 11 is 0. The van der Waals surface area contributed by atoms with Crippen molar-refractivity contribution in [3.63, 3.8) is 0 Å². The molecule has 0 bridgehead atoms. The van der Waals surface area contributed by atoms with Gasteiger partial charge in [0.15, 0.2) is 17.8 Å². The summed E-state index contributed by atoms with van der Waals surface area (Å²) in [5.41, 5.74) is 7.01. The number of imidazole rings is 1. The quantitative estimate of drug-likeness (QED) is 0.311. The molecular formula is C20H26N5O5PS2. The van der Waals surface area contributed by atoms with Gasteiger partial charge in [-0.3, -0.25) is 4.52 Å². The van der Waals surface area contributed by atoms with Crippen LogP contribution in [0.5, 0.6) is 11.5 Å². The van der Waals surface area contributed by atoms with Crippen LogP contribution in [0.3, 0.4) is 0 Å². The number of hydrogen-bond acceptors (Lipinski definition) is 11. The number of nitrogen functional groups attached to an aromatic ring is 1. The highest BCUT2D eigenvalue weighted by Gasteiger charge is 2.33. The highest BCUT2D eigenvalue weighted by molar-refractivity contribution is 8.76. The minimum atomic E-state index is -3.61. The molecule has 3 heterocycles. The van der Waals surface area contributed by atoms with E-state index in [1.54, 1.807) is 59.3 Å². The molecule has 2 unspecified atom stereocenters. The summed E-state index contributed by atoms with van der Waals surface area (Å²) < 4.78 is 38.6. The van der Waals surface area contributed by atoms with Crippen LogP contribution in [0.4, 0.5) is 5.82 Å². The molecule has 0 spiro atoms. The Balaban J connectivity index is 1.45. The van der Waals surface area contributed by atoms with Crippen LogP contribution in [0.1, 0.15) is 13.3 Å². The highest BCUT2D eigenvalue weighted by Crippen LogP contribution is 2.51. The van der Waals surface area contributed by atoms with Crippen LogP contribution in [0.15, 0.2) is 36.9 Å². The molecule has 10 nitrogen and oxygen atoms in total. The Morgan fingerprint density at radius 1 is 1.27 bits per heavy atom. The fraction of sp³-hybridized carbons (Fsp3) is 0.450. The molecule has 2 N–H and O–H groups in total. The van der Waals surface area contributed by atoms with E-state index in [1.807, 2.05) is 11.5 Å². The highest BCUT2D eigenvalue weighted by atomic mass is 33.1. The molecule has 1 aromatic carbocycles. The van der Waals surface area contributed by atoms with Crippen molar-refractivity contribution in [2.24, 2.45) is 0 Å². The second-order valence-electron chi connectivity index (χ2n) is 7.44. The molecule has 3 aromatic rings. The average Bonchev–Trinajstić information content (AvgIpc) is 3.22. The molecule has 33 heavy (non-hydrogen) atoms. The van der Waals surface area contributed by atoms with Crippen LogP contribution < -0.4 is 15.0 Å². The van der Waals surface area contributed by atoms with Crippen LogP contribution in [-0.4, -0.2) is 56.7 Å². The zero-order valence-corrected chi connectivity index (χ0v) is 20.9. The minimum Gasteiger partial charge on any atom is -0.497 e. The van der Waals surface area contributed by atoms with Gasteiger partial charge in [-0.05, 0) is 25.5 Å². The third kappa shape index (κ3) is 6.33. The zero-order valence-electron chi connectivity index (χ0n) is 18.3. The second-order valence-corrected chi connectivity index (χ2v) is 11.9. The molecule has 0 amide bonds. The number of methoxy groups -OCH3 is 1. The number of fused-ring (bicyclic) bond motifs is 1. The molecule has 2 aromatic heterocycles. The van der Waals surface area contributed by atoms with E-state index in [1.165, 1.54) is 6.33 Å². The van der Waals surface area contributed by atoms with Gasteiger partial charge in [0.25, 0.3) is 0 Å². The lowest BCUT2D eigenvalue weighted by atomic mass is 10.3. The number of hydrogen-bond donors (Lipinski definition) is 1. The smallest absolute Gasteiger partial charge is 0.405 e. The summed E-state index contributed by atoms with van der Waals surface area (Å²) in [5, 5.41) is 0. The van der Waals surface area contributed by atoms with Crippen LogP contribution >= 0.6 is 29.2 Å². The third-order valence-electron chi connectivity index (χ3n) is 4.86. The van der Waals surface area contributed by atoms with Gasteiger partial charge in [0.1, 0.15) is 23.3 Å². The van der Waals surface area contributed by atoms with Crippen LogP contribution in [0.2, 0.25) is 0 Å². The van der Waals surface area contributed by atoms with Crippen LogP contribution in [0, 0.1) is 0 Å². The molecule has 1 aliphatic heterocycles. The number of rotatable bonds is 10. The molecular weight excluding hydrogens is 485 g/mol. The van der Waals surface area contributed by atoms with Crippen molar-refractivity contribution in [3.8, 4) is 11.5 Å². The first-order valence-corrected chi connectivity index (χ1v) is 14.6. The predicted molar refractivity (Wildman–Crippen MR) is 131 cm³/mol. The molecule has 178 valence electrons. The van der Waals surface area contributed by atoms with E-state index < -0.39 is 7.60 Å². The molecule has 13 heteroatoms. The summed E-state index contributed by atoms with van der Waals surface area (Å²) in [6.45, 7) is 2.31. The van der Waals surface area contributed by atoms with Gasteiger partial charge >= 0.3 is 7.60 Å². The molecule has 0 aliphatic carbocycles. The third-order valence-corrected chi connectivity index (χ3v) is 8.92. The standard InChI is InChI=1S/C20H26N5O5PS2/c1-14(9-25-12-24-18-19(21)22-11-23-20(18)25)28-13-31(26,30-17-6-7-32-33-10-17)29-16-5-3-4-15(8-16)27-2/h3-5,8,11-12,14,17H,6-7,9-10,13H2,1-2H3,(H2,21,22,23)/t14-,17?,31?/m1/s1. The summed E-state index contributed by atoms with van der Waals surface area (Å²) in [6, 6.07) is 6.95. The maximum absolute atomic E-state index is 13.7. The fourth-order valence-corrected chi connectivity index (χ4v) is 7.34. The van der Waals surface area contributed by atoms with Crippen molar-refractivity contribution >= 4 is 46.2 Å². The van der Waals surface area contributed by atoms with Crippen LogP contribution in [-0.2, 0) is 20.4 Å². The lowest BCUT2D eigenvalue weighted by Crippen LogP contribution is -2.23. The van der Waals surface area contributed by atoms with E-state index in [0.29, 0.717) is 35.0 Å². The Kier molecular flexibility index (Phi) is 8.02. The van der Waals surface area contributed by atoms with Gasteiger partial charge in [-0.15, -0.1) is 0 Å². The van der Waals surface area contributed by atoms with Crippen molar-refractivity contribution in [2.45, 2.75) is 32.1 Å². The molecule has 1 saturated heterocycles. The van der Waals surface area contributed by atoms with Crippen LogP contribution in [0.25, 0.3) is 11.2 Å². The number of anilines is 1. The van der Waals surface area contributed by atoms with E-state index >= 15 is 0 Å². The van der Waals surface area contributed by atoms with E-state index in [2.05, 4.69) is 15.0 Å². The SMILES string of the molecule is COc1cccc(OP(=O)(CO[C@H](C)Cn2cnc3c(N)ncnc32)OC2CCSSC2)c1. The Morgan fingerprint density at radius 2 is 2.12 bits per heavy atom. The van der Waals surface area contributed by atoms with Gasteiger partial charge in [0.2, 0.25) is 0 Å². The predicted octanol–water partition coefficient (Wildman–Crippen LogP) is 4.22. The largest absolute Gasteiger partial charge is 0.497 e. The Morgan fingerprint density at radius 3 is 2.91 bits per heavy atom. The van der Waals surface area contributed by atoms with E-state index in [4.69, 9.17) is 24.3 Å². The topological polar surface area (TPSA) is 124 Å². The van der Waals surface area contributed by atoms with Gasteiger partial charge in [-0.1, -0.05) is 27.7 Å². The number of ether oxygens (including phenoxy) is 2. The second kappa shape index (κ2) is 11.0. The summed E-state index contributed by atoms with van der Waals surface area (Å²) in [4.78, 5) is 12.5. The first kappa shape index (κ1) is 24.2. The van der Waals surface area contributed by atoms with E-state index in [-0.39, 0.29) is 18.6 Å². The normalized spacial score (nSPS) is 19.2. The lowest BCUT2D eigenvalue weighted by Gasteiger charge is -2.27. The van der Waals surface area contributed by atoms with E-state index in [9.17, 15) is 4.57 Å². The van der Waals surface area contributed by atoms with Crippen molar-refractivity contribution < 1.29 is 23.1 Å². The molecule has 1 fully saturated rings. The lowest BCUT2D eigenvalue weighted by molar-refractivity contribution is 0.0678. The zero-order chi connectivity index (χ0) is 23.3. The first-order chi connectivity index (χ1) is 16.0. The van der Waals surface area contributed by atoms with Crippen molar-refractivity contribution in [1.82, 2.24) is 19.5 Å². The average molecular weight is 512 g/mol. The van der Waals surface area contributed by atoms with Gasteiger partial charge in [0.05, 0.1) is 32.2 Å². The summed E-state index contributed by atoms with van der Waals surface area (Å²) in [7, 11) is 1.45. The number of nitrogens with zero attached hydrogens (tertiary/aromatic N) is 4. The van der Waals surface area contributed by atoms with Crippen molar-refractivity contribution in [1.29, 1.82) is 0 Å². The summed E-state index contributed by atoms with van der Waals surface area (Å²) in [5.74, 6) is 3.00. The number of benzene rings is 1. The molecule has 4 rings (SSSR count). The molecule has 0 saturated carbocycles. The maximum Gasteiger partial charge on any atom is 0.405 e. The van der Waals surface area contributed by atoms with Gasteiger partial charge < -0.3 is 24.3 Å². The fourth-order valence-electron chi connectivity index (χ4n) is 3.23. The molecule has 1 aliphatic rings. The first-order valence-electron chi connectivity index (χ1n) is 10.3. The molecule has 0 radical (unpaired) electrons. The Bertz CT molecular complexity index is 1130.